The van der Waals surface area contributed by atoms with Crippen molar-refractivity contribution in [3.63, 3.8) is 0 Å². The second-order valence-corrected chi connectivity index (χ2v) is 5.95. The highest BCUT2D eigenvalue weighted by molar-refractivity contribution is 5.93. The minimum absolute atomic E-state index is 0.0388. The lowest BCUT2D eigenvalue weighted by molar-refractivity contribution is -0.118. The van der Waals surface area contributed by atoms with Gasteiger partial charge in [0.1, 0.15) is 5.75 Å². The number of benzene rings is 2. The molecule has 2 aromatic rings. The maximum atomic E-state index is 12.4. The van der Waals surface area contributed by atoms with Crippen molar-refractivity contribution in [1.82, 2.24) is 0 Å². The molecule has 0 saturated heterocycles. The SMILES string of the molecule is CCOc1ccc(NC(C)CC(=O)N(C)c2ccccc2)cc1CO. The van der Waals surface area contributed by atoms with Crippen LogP contribution in [0.25, 0.3) is 0 Å². The van der Waals surface area contributed by atoms with E-state index in [-0.39, 0.29) is 18.6 Å². The van der Waals surface area contributed by atoms with Crippen molar-refractivity contribution in [2.24, 2.45) is 0 Å². The first-order chi connectivity index (χ1) is 12.0. The van der Waals surface area contributed by atoms with E-state index in [4.69, 9.17) is 4.74 Å². The number of anilines is 2. The fraction of sp³-hybridized carbons (Fsp3) is 0.350. The van der Waals surface area contributed by atoms with E-state index in [2.05, 4.69) is 5.32 Å². The molecule has 0 radical (unpaired) electrons. The van der Waals surface area contributed by atoms with Gasteiger partial charge < -0.3 is 20.1 Å². The molecule has 25 heavy (non-hydrogen) atoms. The first-order valence-electron chi connectivity index (χ1n) is 8.49. The third-order valence-corrected chi connectivity index (χ3v) is 3.94. The van der Waals surface area contributed by atoms with Gasteiger partial charge in [-0.3, -0.25) is 4.79 Å². The minimum Gasteiger partial charge on any atom is -0.494 e. The van der Waals surface area contributed by atoms with Gasteiger partial charge in [0.15, 0.2) is 0 Å². The van der Waals surface area contributed by atoms with E-state index >= 15 is 0 Å². The number of hydrogen-bond donors (Lipinski definition) is 2. The van der Waals surface area contributed by atoms with E-state index in [1.165, 1.54) is 0 Å². The van der Waals surface area contributed by atoms with E-state index in [1.54, 1.807) is 11.9 Å². The number of carbonyl (C=O) groups is 1. The van der Waals surface area contributed by atoms with Gasteiger partial charge in [0.05, 0.1) is 13.2 Å². The zero-order chi connectivity index (χ0) is 18.2. The zero-order valence-electron chi connectivity index (χ0n) is 15.0. The highest BCUT2D eigenvalue weighted by Crippen LogP contribution is 2.24. The van der Waals surface area contributed by atoms with E-state index < -0.39 is 0 Å². The number of nitrogens with one attached hydrogen (secondary N) is 1. The Morgan fingerprint density at radius 3 is 2.60 bits per heavy atom. The van der Waals surface area contributed by atoms with E-state index in [9.17, 15) is 9.90 Å². The number of hydrogen-bond acceptors (Lipinski definition) is 4. The first kappa shape index (κ1) is 18.8. The van der Waals surface area contributed by atoms with Gasteiger partial charge >= 0.3 is 0 Å². The van der Waals surface area contributed by atoms with Crippen LogP contribution in [0.15, 0.2) is 48.5 Å². The van der Waals surface area contributed by atoms with Gasteiger partial charge in [-0.25, -0.2) is 0 Å². The molecular weight excluding hydrogens is 316 g/mol. The molecule has 0 aromatic heterocycles. The summed E-state index contributed by atoms with van der Waals surface area (Å²) in [5.41, 5.74) is 2.46. The number of carbonyl (C=O) groups excluding carboxylic acids is 1. The Labute approximate surface area is 149 Å². The molecule has 1 atom stereocenters. The number of aliphatic hydroxyl groups excluding tert-OH is 1. The number of para-hydroxylation sites is 1. The highest BCUT2D eigenvalue weighted by atomic mass is 16.5. The lowest BCUT2D eigenvalue weighted by atomic mass is 10.1. The number of aliphatic hydroxyl groups is 1. The normalized spacial score (nSPS) is 11.7. The van der Waals surface area contributed by atoms with Crippen LogP contribution in [0.4, 0.5) is 11.4 Å². The summed E-state index contributed by atoms with van der Waals surface area (Å²) in [4.78, 5) is 14.1. The van der Waals surface area contributed by atoms with Crippen LogP contribution in [0.5, 0.6) is 5.75 Å². The van der Waals surface area contributed by atoms with Gasteiger partial charge in [-0.1, -0.05) is 18.2 Å². The summed E-state index contributed by atoms with van der Waals surface area (Å²) in [6.07, 6.45) is 0.368. The number of nitrogens with zero attached hydrogens (tertiary/aromatic N) is 1. The van der Waals surface area contributed by atoms with Crippen LogP contribution in [0, 0.1) is 0 Å². The smallest absolute Gasteiger partial charge is 0.228 e. The maximum absolute atomic E-state index is 12.4. The van der Waals surface area contributed by atoms with Crippen LogP contribution >= 0.6 is 0 Å². The largest absolute Gasteiger partial charge is 0.494 e. The topological polar surface area (TPSA) is 61.8 Å². The van der Waals surface area contributed by atoms with Crippen LogP contribution in [-0.2, 0) is 11.4 Å². The molecule has 0 fully saturated rings. The van der Waals surface area contributed by atoms with Crippen molar-refractivity contribution < 1.29 is 14.6 Å². The molecule has 1 amide bonds. The molecule has 5 nitrogen and oxygen atoms in total. The highest BCUT2D eigenvalue weighted by Gasteiger charge is 2.15. The van der Waals surface area contributed by atoms with Crippen molar-refractivity contribution in [2.75, 3.05) is 23.9 Å². The fourth-order valence-electron chi connectivity index (χ4n) is 2.62. The Morgan fingerprint density at radius 2 is 1.96 bits per heavy atom. The summed E-state index contributed by atoms with van der Waals surface area (Å²) in [6, 6.07) is 15.1. The second kappa shape index (κ2) is 9.08. The van der Waals surface area contributed by atoms with Crippen molar-refractivity contribution in [3.05, 3.63) is 54.1 Å². The van der Waals surface area contributed by atoms with Crippen LogP contribution < -0.4 is 15.0 Å². The summed E-state index contributed by atoms with van der Waals surface area (Å²) in [7, 11) is 1.78. The predicted octanol–water partition coefficient (Wildman–Crippen LogP) is 3.43. The molecule has 0 aliphatic carbocycles. The Bertz CT molecular complexity index is 689. The Hall–Kier alpha value is -2.53. The Kier molecular flexibility index (Phi) is 6.83. The molecule has 0 aliphatic heterocycles. The average Bonchev–Trinajstić information content (AvgIpc) is 2.63. The lowest BCUT2D eigenvalue weighted by Gasteiger charge is -2.21. The summed E-state index contributed by atoms with van der Waals surface area (Å²) >= 11 is 0. The second-order valence-electron chi connectivity index (χ2n) is 5.95. The third-order valence-electron chi connectivity index (χ3n) is 3.94. The van der Waals surface area contributed by atoms with E-state index in [1.807, 2.05) is 62.4 Å². The molecule has 0 saturated carbocycles. The van der Waals surface area contributed by atoms with Crippen LogP contribution in [0.1, 0.15) is 25.8 Å². The molecule has 134 valence electrons. The van der Waals surface area contributed by atoms with E-state index in [0.29, 0.717) is 18.8 Å². The molecule has 0 aliphatic rings. The minimum atomic E-state index is -0.0884. The van der Waals surface area contributed by atoms with Crippen molar-refractivity contribution >= 4 is 17.3 Å². The molecular formula is C20H26N2O3. The van der Waals surface area contributed by atoms with Gasteiger partial charge in [0.25, 0.3) is 0 Å². The van der Waals surface area contributed by atoms with Crippen molar-refractivity contribution in [1.29, 1.82) is 0 Å². The molecule has 2 rings (SSSR count). The van der Waals surface area contributed by atoms with Gasteiger partial charge in [-0.05, 0) is 44.2 Å². The van der Waals surface area contributed by atoms with E-state index in [0.717, 1.165) is 16.9 Å². The standard InChI is InChI=1S/C20H26N2O3/c1-4-25-19-11-10-17(13-16(19)14-23)21-15(2)12-20(24)22(3)18-8-6-5-7-9-18/h5-11,13,15,21,23H,4,12,14H2,1-3H3. The van der Waals surface area contributed by atoms with Gasteiger partial charge in [0.2, 0.25) is 5.91 Å². The van der Waals surface area contributed by atoms with Crippen LogP contribution in [0.3, 0.4) is 0 Å². The molecule has 2 aromatic carbocycles. The van der Waals surface area contributed by atoms with Gasteiger partial charge in [-0.15, -0.1) is 0 Å². The average molecular weight is 342 g/mol. The molecule has 0 bridgehead atoms. The first-order valence-corrected chi connectivity index (χ1v) is 8.49. The fourth-order valence-corrected chi connectivity index (χ4v) is 2.62. The van der Waals surface area contributed by atoms with Crippen molar-refractivity contribution in [2.45, 2.75) is 32.9 Å². The number of amides is 1. The predicted molar refractivity (Wildman–Crippen MR) is 101 cm³/mol. The summed E-state index contributed by atoms with van der Waals surface area (Å²) in [6.45, 7) is 4.33. The Balaban J connectivity index is 1.97. The van der Waals surface area contributed by atoms with Gasteiger partial charge in [-0.2, -0.15) is 0 Å². The number of rotatable bonds is 8. The van der Waals surface area contributed by atoms with Crippen LogP contribution in [-0.4, -0.2) is 30.7 Å². The molecule has 0 spiro atoms. The number of ether oxygens (including phenoxy) is 1. The third kappa shape index (κ3) is 5.22. The lowest BCUT2D eigenvalue weighted by Crippen LogP contribution is -2.31. The monoisotopic (exact) mass is 342 g/mol. The quantitative estimate of drug-likeness (QED) is 0.771. The summed E-state index contributed by atoms with van der Waals surface area (Å²) in [5, 5.41) is 12.8. The summed E-state index contributed by atoms with van der Waals surface area (Å²) < 4.78 is 5.48. The Morgan fingerprint density at radius 1 is 1.24 bits per heavy atom. The van der Waals surface area contributed by atoms with Crippen molar-refractivity contribution in [3.8, 4) is 5.75 Å². The molecule has 1 unspecified atom stereocenters. The van der Waals surface area contributed by atoms with Crippen LogP contribution in [0.2, 0.25) is 0 Å². The maximum Gasteiger partial charge on any atom is 0.228 e. The molecule has 5 heteroatoms. The zero-order valence-corrected chi connectivity index (χ0v) is 15.0. The summed E-state index contributed by atoms with van der Waals surface area (Å²) in [5.74, 6) is 0.725. The molecule has 2 N–H and O–H groups in total. The van der Waals surface area contributed by atoms with Gasteiger partial charge in [0, 0.05) is 36.4 Å². The molecule has 0 heterocycles.